The highest BCUT2D eigenvalue weighted by molar-refractivity contribution is 7.89. The summed E-state index contributed by atoms with van der Waals surface area (Å²) in [6.45, 7) is 6.20. The van der Waals surface area contributed by atoms with Crippen LogP contribution in [0.5, 0.6) is 0 Å². The second-order valence-electron chi connectivity index (χ2n) is 8.30. The van der Waals surface area contributed by atoms with Crippen LogP contribution in [0.25, 0.3) is 0 Å². The van der Waals surface area contributed by atoms with Crippen LogP contribution < -0.4 is 4.72 Å². The molecular formula is C23H30Cl2N2O2S. The fourth-order valence-electron chi connectivity index (χ4n) is 4.79. The van der Waals surface area contributed by atoms with Gasteiger partial charge >= 0.3 is 0 Å². The van der Waals surface area contributed by atoms with Crippen LogP contribution in [0.15, 0.2) is 35.2 Å². The van der Waals surface area contributed by atoms with Gasteiger partial charge in [0.05, 0.1) is 4.90 Å². The lowest BCUT2D eigenvalue weighted by molar-refractivity contribution is 0.182. The van der Waals surface area contributed by atoms with Gasteiger partial charge in [-0.15, -0.1) is 12.4 Å². The second kappa shape index (κ2) is 9.58. The zero-order valence-electron chi connectivity index (χ0n) is 17.6. The Morgan fingerprint density at radius 1 is 1.10 bits per heavy atom. The van der Waals surface area contributed by atoms with Crippen molar-refractivity contribution in [2.75, 3.05) is 19.6 Å². The minimum absolute atomic E-state index is 0. The molecule has 0 bridgehead atoms. The maximum Gasteiger partial charge on any atom is 0.240 e. The lowest BCUT2D eigenvalue weighted by Crippen LogP contribution is -2.35. The van der Waals surface area contributed by atoms with Gasteiger partial charge in [-0.05, 0) is 92.4 Å². The Balaban J connectivity index is 0.00000256. The number of nitrogens with one attached hydrogen (secondary N) is 1. The molecule has 1 unspecified atom stereocenters. The van der Waals surface area contributed by atoms with Gasteiger partial charge in [0.2, 0.25) is 10.0 Å². The monoisotopic (exact) mass is 468 g/mol. The van der Waals surface area contributed by atoms with Gasteiger partial charge in [-0.25, -0.2) is 13.1 Å². The Kier molecular flexibility index (Phi) is 7.52. The average Bonchev–Trinajstić information content (AvgIpc) is 3.12. The van der Waals surface area contributed by atoms with Crippen molar-refractivity contribution in [1.82, 2.24) is 9.62 Å². The quantitative estimate of drug-likeness (QED) is 0.582. The first-order chi connectivity index (χ1) is 13.9. The summed E-state index contributed by atoms with van der Waals surface area (Å²) in [6.07, 6.45) is 5.36. The number of hydrogen-bond donors (Lipinski definition) is 1. The third-order valence-corrected chi connectivity index (χ3v) is 8.34. The standard InChI is InChI=1S/C23H29ClN2O2S.ClH/c1-16-15-22(17(2)14-20(16)24)29(27,28)25-11-3-4-12-26-13-10-19-7-5-6-18-8-9-21(26)23(18)19;/h5-7,14-15,21,25H,3-4,8-13H2,1-2H3;1H. The molecule has 4 nitrogen and oxygen atoms in total. The fourth-order valence-corrected chi connectivity index (χ4v) is 6.39. The van der Waals surface area contributed by atoms with Crippen molar-refractivity contribution < 1.29 is 8.42 Å². The summed E-state index contributed by atoms with van der Waals surface area (Å²) >= 11 is 6.09. The van der Waals surface area contributed by atoms with E-state index in [0.29, 0.717) is 28.1 Å². The predicted octanol–water partition coefficient (Wildman–Crippen LogP) is 4.98. The van der Waals surface area contributed by atoms with Gasteiger partial charge in [0, 0.05) is 24.2 Å². The molecule has 2 aromatic carbocycles. The lowest BCUT2D eigenvalue weighted by Gasteiger charge is -2.35. The van der Waals surface area contributed by atoms with Gasteiger partial charge in [-0.1, -0.05) is 29.8 Å². The molecule has 0 radical (unpaired) electrons. The zero-order chi connectivity index (χ0) is 20.6. The Labute approximate surface area is 191 Å². The number of sulfonamides is 1. The number of rotatable bonds is 7. The van der Waals surface area contributed by atoms with Crippen molar-refractivity contribution in [2.45, 2.75) is 56.9 Å². The first-order valence-corrected chi connectivity index (χ1v) is 12.3. The molecule has 30 heavy (non-hydrogen) atoms. The van der Waals surface area contributed by atoms with Crippen molar-refractivity contribution in [3.05, 3.63) is 63.2 Å². The summed E-state index contributed by atoms with van der Waals surface area (Å²) < 4.78 is 28.1. The van der Waals surface area contributed by atoms with E-state index in [1.54, 1.807) is 24.6 Å². The summed E-state index contributed by atoms with van der Waals surface area (Å²) in [6, 6.07) is 10.7. The van der Waals surface area contributed by atoms with Crippen molar-refractivity contribution in [3.63, 3.8) is 0 Å². The van der Waals surface area contributed by atoms with E-state index in [1.165, 1.54) is 24.0 Å². The number of aryl methyl sites for hydroxylation is 3. The van der Waals surface area contributed by atoms with Gasteiger partial charge in [-0.3, -0.25) is 4.90 Å². The SMILES string of the molecule is Cc1cc(S(=O)(=O)NCCCCN2CCc3cccc4c3C2CC4)c(C)cc1Cl.Cl. The van der Waals surface area contributed by atoms with Crippen LogP contribution in [-0.4, -0.2) is 33.0 Å². The van der Waals surface area contributed by atoms with Gasteiger partial charge in [0.25, 0.3) is 0 Å². The van der Waals surface area contributed by atoms with Crippen molar-refractivity contribution >= 4 is 34.0 Å². The molecule has 7 heteroatoms. The number of unbranched alkanes of at least 4 members (excludes halogenated alkanes) is 1. The molecule has 164 valence electrons. The van der Waals surface area contributed by atoms with Gasteiger partial charge in [0.15, 0.2) is 0 Å². The van der Waals surface area contributed by atoms with Crippen LogP contribution in [0.1, 0.15) is 53.1 Å². The van der Waals surface area contributed by atoms with Crippen LogP contribution in [0.3, 0.4) is 0 Å². The van der Waals surface area contributed by atoms with E-state index in [-0.39, 0.29) is 12.4 Å². The molecule has 0 saturated carbocycles. The Morgan fingerprint density at radius 3 is 2.60 bits per heavy atom. The van der Waals surface area contributed by atoms with E-state index < -0.39 is 10.0 Å². The minimum atomic E-state index is -3.50. The lowest BCUT2D eigenvalue weighted by atomic mass is 9.93. The largest absolute Gasteiger partial charge is 0.296 e. The molecule has 1 aliphatic heterocycles. The Bertz CT molecular complexity index is 1020. The number of halogens is 2. The molecule has 2 aliphatic rings. The number of hydrogen-bond acceptors (Lipinski definition) is 3. The highest BCUT2D eigenvalue weighted by Gasteiger charge is 2.32. The summed E-state index contributed by atoms with van der Waals surface area (Å²) in [7, 11) is -3.50. The molecular weight excluding hydrogens is 439 g/mol. The molecule has 0 spiro atoms. The molecule has 0 saturated heterocycles. The van der Waals surface area contributed by atoms with E-state index in [9.17, 15) is 8.42 Å². The molecule has 1 heterocycles. The molecule has 0 amide bonds. The molecule has 1 N–H and O–H groups in total. The van der Waals surface area contributed by atoms with Crippen LogP contribution in [-0.2, 0) is 22.9 Å². The third kappa shape index (κ3) is 4.71. The summed E-state index contributed by atoms with van der Waals surface area (Å²) in [5, 5.41) is 0.597. The van der Waals surface area contributed by atoms with Gasteiger partial charge in [-0.2, -0.15) is 0 Å². The van der Waals surface area contributed by atoms with Gasteiger partial charge < -0.3 is 0 Å². The molecule has 4 rings (SSSR count). The molecule has 0 aromatic heterocycles. The first kappa shape index (κ1) is 23.6. The maximum absolute atomic E-state index is 12.7. The smallest absolute Gasteiger partial charge is 0.240 e. The van der Waals surface area contributed by atoms with E-state index in [0.717, 1.165) is 37.9 Å². The summed E-state index contributed by atoms with van der Waals surface area (Å²) in [5.41, 5.74) is 6.09. The third-order valence-electron chi connectivity index (χ3n) is 6.33. The maximum atomic E-state index is 12.7. The molecule has 0 fully saturated rings. The second-order valence-corrected chi connectivity index (χ2v) is 10.4. The number of benzene rings is 2. The normalized spacial score (nSPS) is 18.2. The summed E-state index contributed by atoms with van der Waals surface area (Å²) in [4.78, 5) is 2.92. The van der Waals surface area contributed by atoms with E-state index in [2.05, 4.69) is 27.8 Å². The van der Waals surface area contributed by atoms with E-state index in [1.807, 2.05) is 6.92 Å². The Morgan fingerprint density at radius 2 is 1.83 bits per heavy atom. The van der Waals surface area contributed by atoms with E-state index in [4.69, 9.17) is 11.6 Å². The van der Waals surface area contributed by atoms with Crippen LogP contribution >= 0.6 is 24.0 Å². The Hall–Kier alpha value is -1.11. The highest BCUT2D eigenvalue weighted by atomic mass is 35.5. The first-order valence-electron chi connectivity index (χ1n) is 10.5. The van der Waals surface area contributed by atoms with Crippen molar-refractivity contribution in [1.29, 1.82) is 0 Å². The van der Waals surface area contributed by atoms with Crippen molar-refractivity contribution in [2.24, 2.45) is 0 Å². The fraction of sp³-hybridized carbons (Fsp3) is 0.478. The number of nitrogens with zero attached hydrogens (tertiary/aromatic N) is 1. The van der Waals surface area contributed by atoms with Gasteiger partial charge in [0.1, 0.15) is 0 Å². The average molecular weight is 469 g/mol. The van der Waals surface area contributed by atoms with Crippen LogP contribution in [0.2, 0.25) is 5.02 Å². The van der Waals surface area contributed by atoms with Crippen molar-refractivity contribution in [3.8, 4) is 0 Å². The topological polar surface area (TPSA) is 49.4 Å². The minimum Gasteiger partial charge on any atom is -0.296 e. The molecule has 1 atom stereocenters. The zero-order valence-corrected chi connectivity index (χ0v) is 20.0. The highest BCUT2D eigenvalue weighted by Crippen LogP contribution is 2.41. The van der Waals surface area contributed by atoms with E-state index >= 15 is 0 Å². The van der Waals surface area contributed by atoms with Crippen LogP contribution in [0.4, 0.5) is 0 Å². The summed E-state index contributed by atoms with van der Waals surface area (Å²) in [5.74, 6) is 0. The predicted molar refractivity (Wildman–Crippen MR) is 125 cm³/mol. The molecule has 1 aliphatic carbocycles. The van der Waals surface area contributed by atoms with Crippen LogP contribution in [0, 0.1) is 13.8 Å². The molecule has 2 aromatic rings.